The highest BCUT2D eigenvalue weighted by Crippen LogP contribution is 1.86. The Morgan fingerprint density at radius 1 is 1.25 bits per heavy atom. The molecule has 0 aromatic carbocycles. The van der Waals surface area contributed by atoms with Gasteiger partial charge in [-0.3, -0.25) is 9.63 Å². The molecule has 5 nitrogen and oxygen atoms in total. The molecule has 0 aliphatic rings. The van der Waals surface area contributed by atoms with E-state index in [1.165, 1.54) is 0 Å². The maximum atomic E-state index is 10.6. The zero-order valence-corrected chi connectivity index (χ0v) is 6.79. The molecule has 0 atom stereocenters. The highest BCUT2D eigenvalue weighted by atomic mass is 16.7. The zero-order chi connectivity index (χ0) is 9.72. The lowest BCUT2D eigenvalue weighted by atomic mass is 10.2. The van der Waals surface area contributed by atoms with Gasteiger partial charge in [0.1, 0.15) is 0 Å². The molecule has 0 aliphatic carbocycles. The molecule has 0 amide bonds. The Morgan fingerprint density at radius 3 is 2.00 bits per heavy atom. The number of Topliss-reactive ketones (excluding diaryl/α,β-unsaturated/α-hetero) is 2. The van der Waals surface area contributed by atoms with E-state index in [-0.39, 0.29) is 0 Å². The van der Waals surface area contributed by atoms with Crippen LogP contribution in [0.25, 0.3) is 0 Å². The monoisotopic (exact) mass is 170 g/mol. The van der Waals surface area contributed by atoms with Crippen LogP contribution in [0.5, 0.6) is 0 Å². The van der Waals surface area contributed by atoms with Crippen molar-refractivity contribution in [2.24, 2.45) is 5.16 Å². The third kappa shape index (κ3) is 3.50. The molecule has 0 saturated carbocycles. The number of nitrogens with zero attached hydrogens (tertiary/aromatic N) is 1. The predicted octanol–water partition coefficient (Wildman–Crippen LogP) is -0.102. The first-order chi connectivity index (χ1) is 5.45. The molecule has 0 unspecified atom stereocenters. The second kappa shape index (κ2) is 4.27. The predicted molar refractivity (Wildman–Crippen MR) is 40.2 cm³/mol. The van der Waals surface area contributed by atoms with Gasteiger partial charge in [0, 0.05) is 19.0 Å². The summed E-state index contributed by atoms with van der Waals surface area (Å²) in [5.41, 5.74) is -0.467. The fourth-order valence-electron chi connectivity index (χ4n) is 0.421. The van der Waals surface area contributed by atoms with Crippen LogP contribution in [-0.4, -0.2) is 23.2 Å². The van der Waals surface area contributed by atoms with Crippen molar-refractivity contribution < 1.29 is 19.2 Å². The van der Waals surface area contributed by atoms with Crippen molar-refractivity contribution in [2.75, 3.05) is 0 Å². The second-order valence-corrected chi connectivity index (χ2v) is 2.00. The molecule has 0 N–H and O–H groups in total. The molecule has 5 heteroatoms. The Labute approximate surface area is 69.4 Å². The molecule has 0 saturated heterocycles. The van der Waals surface area contributed by atoms with Gasteiger partial charge >= 0.3 is 17.5 Å². The maximum absolute atomic E-state index is 10.6. The van der Waals surface area contributed by atoms with E-state index in [0.717, 1.165) is 13.8 Å². The zero-order valence-electron chi connectivity index (χ0n) is 6.79. The first kappa shape index (κ1) is 10.3. The molecule has 0 aliphatic heterocycles. The third-order valence-electron chi connectivity index (χ3n) is 0.863. The maximum Gasteiger partial charge on any atom is 0.361 e. The number of ketones is 2. The Hall–Kier alpha value is -1.65. The summed E-state index contributed by atoms with van der Waals surface area (Å²) in [5.74, 6) is -2.06. The van der Waals surface area contributed by atoms with E-state index in [1.807, 2.05) is 0 Å². The minimum atomic E-state index is -0.774. The lowest BCUT2D eigenvalue weighted by molar-refractivity contribution is -0.140. The minimum absolute atomic E-state index is 0.467. The number of carbonyl (C=O) groups is 3. The van der Waals surface area contributed by atoms with Gasteiger partial charge in [-0.2, -0.15) is 0 Å². The van der Waals surface area contributed by atoms with Crippen LogP contribution in [0.4, 0.5) is 0 Å². The average Bonchev–Trinajstić information content (AvgIpc) is 1.84. The molecule has 64 valence electrons. The van der Waals surface area contributed by atoms with Crippen molar-refractivity contribution in [3.05, 3.63) is 6.92 Å². The van der Waals surface area contributed by atoms with Crippen LogP contribution in [0.1, 0.15) is 13.8 Å². The summed E-state index contributed by atoms with van der Waals surface area (Å²) in [7, 11) is 0. The Kier molecular flexibility index (Phi) is 3.69. The van der Waals surface area contributed by atoms with Gasteiger partial charge in [0.15, 0.2) is 0 Å². The van der Waals surface area contributed by atoms with Crippen molar-refractivity contribution in [3.8, 4) is 0 Å². The van der Waals surface area contributed by atoms with Gasteiger partial charge in [-0.15, -0.1) is 0 Å². The van der Waals surface area contributed by atoms with Gasteiger partial charge in [-0.05, 0) is 0 Å². The van der Waals surface area contributed by atoms with Crippen LogP contribution in [0.2, 0.25) is 0 Å². The highest BCUT2D eigenvalue weighted by molar-refractivity contribution is 6.66. The van der Waals surface area contributed by atoms with Gasteiger partial charge in [0.25, 0.3) is 5.78 Å². The molecule has 0 radical (unpaired) electrons. The van der Waals surface area contributed by atoms with Crippen molar-refractivity contribution in [3.63, 3.8) is 0 Å². The fraction of sp³-hybridized carbons (Fsp3) is 0.286. The molecule has 0 rings (SSSR count). The SMILES string of the molecule is [CH2+]C(=O)C(=NOC(C)=O)C(C)=O. The van der Waals surface area contributed by atoms with E-state index in [4.69, 9.17) is 0 Å². The van der Waals surface area contributed by atoms with Crippen LogP contribution in [-0.2, 0) is 19.2 Å². The normalized spacial score (nSPS) is 10.7. The molecule has 0 spiro atoms. The van der Waals surface area contributed by atoms with Crippen LogP contribution < -0.4 is 0 Å². The van der Waals surface area contributed by atoms with Crippen LogP contribution in [0.15, 0.2) is 5.16 Å². The van der Waals surface area contributed by atoms with Crippen LogP contribution in [0.3, 0.4) is 0 Å². The largest absolute Gasteiger partial charge is 0.361 e. The standard InChI is InChI=1S/C7H8NO4/c1-4(9)7(5(2)10)8-12-6(3)11/h1H2,2-3H3/q+1. The fourth-order valence-corrected chi connectivity index (χ4v) is 0.421. The van der Waals surface area contributed by atoms with E-state index in [0.29, 0.717) is 0 Å². The quantitative estimate of drug-likeness (QED) is 0.195. The topological polar surface area (TPSA) is 72.8 Å². The number of carbonyl (C=O) groups excluding carboxylic acids is 3. The molecular weight excluding hydrogens is 162 g/mol. The van der Waals surface area contributed by atoms with Gasteiger partial charge in [0.05, 0.1) is 6.92 Å². The number of oxime groups is 1. The Morgan fingerprint density at radius 2 is 1.75 bits per heavy atom. The molecule has 0 heterocycles. The summed E-state index contributed by atoms with van der Waals surface area (Å²) in [6.07, 6.45) is 0. The number of hydrogen-bond donors (Lipinski definition) is 0. The van der Waals surface area contributed by atoms with Crippen LogP contribution in [0, 0.1) is 6.92 Å². The summed E-state index contributed by atoms with van der Waals surface area (Å²) in [6.45, 7) is 5.19. The highest BCUT2D eigenvalue weighted by Gasteiger charge is 2.24. The molecule has 0 fully saturated rings. The van der Waals surface area contributed by atoms with E-state index in [2.05, 4.69) is 16.9 Å². The first-order valence-corrected chi connectivity index (χ1v) is 3.08. The summed E-state index contributed by atoms with van der Waals surface area (Å²) >= 11 is 0. The van der Waals surface area contributed by atoms with Gasteiger partial charge < -0.3 is 0 Å². The summed E-state index contributed by atoms with van der Waals surface area (Å²) in [5, 5.41) is 3.03. The van der Waals surface area contributed by atoms with Crippen molar-refractivity contribution in [2.45, 2.75) is 13.8 Å². The van der Waals surface area contributed by atoms with E-state index >= 15 is 0 Å². The average molecular weight is 170 g/mol. The molecule has 0 bridgehead atoms. The van der Waals surface area contributed by atoms with Crippen LogP contribution >= 0.6 is 0 Å². The van der Waals surface area contributed by atoms with Gasteiger partial charge in [-0.25, -0.2) is 9.59 Å². The summed E-state index contributed by atoms with van der Waals surface area (Å²) in [6, 6.07) is 0. The smallest absolute Gasteiger partial charge is 0.299 e. The Balaban J connectivity index is 4.51. The lowest BCUT2D eigenvalue weighted by Gasteiger charge is -1.87. The van der Waals surface area contributed by atoms with E-state index < -0.39 is 23.2 Å². The first-order valence-electron chi connectivity index (χ1n) is 3.08. The summed E-state index contributed by atoms with van der Waals surface area (Å²) in [4.78, 5) is 35.5. The molecular formula is C7H8NO4+. The number of rotatable bonds is 3. The number of hydrogen-bond acceptors (Lipinski definition) is 5. The lowest BCUT2D eigenvalue weighted by Crippen LogP contribution is -2.20. The Bertz CT molecular complexity index is 238. The second-order valence-electron chi connectivity index (χ2n) is 2.00. The third-order valence-corrected chi connectivity index (χ3v) is 0.863. The van der Waals surface area contributed by atoms with Crippen molar-refractivity contribution in [1.29, 1.82) is 0 Å². The van der Waals surface area contributed by atoms with E-state index in [1.54, 1.807) is 0 Å². The minimum Gasteiger partial charge on any atom is -0.299 e. The van der Waals surface area contributed by atoms with E-state index in [9.17, 15) is 14.4 Å². The van der Waals surface area contributed by atoms with Gasteiger partial charge in [0.2, 0.25) is 0 Å². The summed E-state index contributed by atoms with van der Waals surface area (Å²) < 4.78 is 0. The van der Waals surface area contributed by atoms with Gasteiger partial charge in [-0.1, -0.05) is 0 Å². The molecule has 0 aromatic heterocycles. The molecule has 12 heavy (non-hydrogen) atoms. The van der Waals surface area contributed by atoms with Crippen molar-refractivity contribution >= 4 is 23.2 Å². The molecule has 0 aromatic rings. The van der Waals surface area contributed by atoms with Crippen molar-refractivity contribution in [1.82, 2.24) is 0 Å².